The second kappa shape index (κ2) is 9.40. The molecule has 4 aliphatic carbocycles. The maximum Gasteiger partial charge on any atom is 0.337 e. The standard InChI is InChI=1S/C32H44O8/c1-16-13-25(39-29(36)21(16)15-37-18(3)33)17(2)22-7-8-23-20-14-28-32(40-28)27(38-19(4)34)10-9-26(35)31(32,6)24(20)11-12-30(22,23)5/h17,20,22-25,27-28H,7-15H2,1-6H3/t17-,20-,22+,23-,24-,25+,27-,28+,30+,31-,32+/m0/s1. The Morgan fingerprint density at radius 3 is 2.48 bits per heavy atom. The highest BCUT2D eigenvalue weighted by Crippen LogP contribution is 2.74. The van der Waals surface area contributed by atoms with Gasteiger partial charge < -0.3 is 18.9 Å². The zero-order valence-corrected chi connectivity index (χ0v) is 24.7. The number of Topliss-reactive ketones (excluding diaryl/α,β-unsaturated/α-hetero) is 1. The molecule has 0 amide bonds. The normalized spacial score (nSPS) is 46.3. The summed E-state index contributed by atoms with van der Waals surface area (Å²) in [5.74, 6) is 0.907. The van der Waals surface area contributed by atoms with E-state index in [0.29, 0.717) is 42.6 Å². The average molecular weight is 557 g/mol. The average Bonchev–Trinajstić information content (AvgIpc) is 3.51. The maximum atomic E-state index is 13.7. The van der Waals surface area contributed by atoms with E-state index in [9.17, 15) is 19.2 Å². The number of fused-ring (bicyclic) bond motifs is 4. The van der Waals surface area contributed by atoms with Crippen molar-refractivity contribution in [3.05, 3.63) is 11.1 Å². The van der Waals surface area contributed by atoms with Crippen LogP contribution in [0.2, 0.25) is 0 Å². The van der Waals surface area contributed by atoms with E-state index in [1.807, 2.05) is 6.92 Å². The number of hydrogen-bond donors (Lipinski definition) is 0. The molecule has 220 valence electrons. The second-order valence-corrected chi connectivity index (χ2v) is 14.0. The zero-order valence-electron chi connectivity index (χ0n) is 24.7. The van der Waals surface area contributed by atoms with Gasteiger partial charge in [0, 0.05) is 26.7 Å². The minimum atomic E-state index is -0.655. The Morgan fingerprint density at radius 1 is 1.05 bits per heavy atom. The fourth-order valence-electron chi connectivity index (χ4n) is 10.5. The highest BCUT2D eigenvalue weighted by Gasteiger charge is 2.81. The number of cyclic esters (lactones) is 1. The Morgan fingerprint density at radius 2 is 1.80 bits per heavy atom. The molecule has 40 heavy (non-hydrogen) atoms. The number of epoxide rings is 1. The predicted octanol–water partition coefficient (Wildman–Crippen LogP) is 4.72. The molecule has 1 spiro atoms. The van der Waals surface area contributed by atoms with E-state index < -0.39 is 17.0 Å². The molecule has 0 aromatic carbocycles. The van der Waals surface area contributed by atoms with Crippen molar-refractivity contribution < 1.29 is 38.1 Å². The summed E-state index contributed by atoms with van der Waals surface area (Å²) in [5, 5.41) is 0. The van der Waals surface area contributed by atoms with Crippen LogP contribution in [0.1, 0.15) is 92.9 Å². The number of carbonyl (C=O) groups is 4. The molecule has 6 aliphatic rings. The number of rotatable bonds is 5. The first-order chi connectivity index (χ1) is 18.8. The Kier molecular flexibility index (Phi) is 6.56. The van der Waals surface area contributed by atoms with Gasteiger partial charge in [0.15, 0.2) is 0 Å². The molecule has 8 heteroatoms. The summed E-state index contributed by atoms with van der Waals surface area (Å²) in [7, 11) is 0. The molecule has 6 rings (SSSR count). The first-order valence-corrected chi connectivity index (χ1v) is 15.3. The van der Waals surface area contributed by atoms with Crippen LogP contribution >= 0.6 is 0 Å². The van der Waals surface area contributed by atoms with Crippen LogP contribution in [-0.4, -0.2) is 54.2 Å². The summed E-state index contributed by atoms with van der Waals surface area (Å²) in [5.41, 5.74) is 0.225. The van der Waals surface area contributed by atoms with E-state index >= 15 is 0 Å². The van der Waals surface area contributed by atoms with Crippen LogP contribution in [0.5, 0.6) is 0 Å². The minimum Gasteiger partial charge on any atom is -0.461 e. The highest BCUT2D eigenvalue weighted by atomic mass is 16.7. The lowest BCUT2D eigenvalue weighted by Gasteiger charge is -2.59. The van der Waals surface area contributed by atoms with Crippen molar-refractivity contribution in [2.75, 3.05) is 6.61 Å². The van der Waals surface area contributed by atoms with Gasteiger partial charge in [-0.3, -0.25) is 14.4 Å². The molecule has 8 nitrogen and oxygen atoms in total. The largest absolute Gasteiger partial charge is 0.461 e. The first kappa shape index (κ1) is 27.9. The van der Waals surface area contributed by atoms with E-state index in [1.165, 1.54) is 13.8 Å². The van der Waals surface area contributed by atoms with Gasteiger partial charge in [0.25, 0.3) is 0 Å². The van der Waals surface area contributed by atoms with Gasteiger partial charge in [-0.05, 0) is 87.4 Å². The van der Waals surface area contributed by atoms with E-state index in [4.69, 9.17) is 18.9 Å². The Bertz CT molecular complexity index is 1170. The van der Waals surface area contributed by atoms with Crippen LogP contribution < -0.4 is 0 Å². The first-order valence-electron chi connectivity index (χ1n) is 15.3. The summed E-state index contributed by atoms with van der Waals surface area (Å²) in [4.78, 5) is 49.8. The fraction of sp³-hybridized carbons (Fsp3) is 0.812. The van der Waals surface area contributed by atoms with Crippen LogP contribution in [0.15, 0.2) is 11.1 Å². The van der Waals surface area contributed by atoms with Gasteiger partial charge >= 0.3 is 17.9 Å². The summed E-state index contributed by atoms with van der Waals surface area (Å²) in [6.07, 6.45) is 6.20. The Hall–Kier alpha value is -2.22. The van der Waals surface area contributed by atoms with Gasteiger partial charge in [-0.1, -0.05) is 19.4 Å². The van der Waals surface area contributed by atoms with Crippen LogP contribution in [0.3, 0.4) is 0 Å². The molecule has 5 fully saturated rings. The third-order valence-corrected chi connectivity index (χ3v) is 12.5. The van der Waals surface area contributed by atoms with Gasteiger partial charge in [0.05, 0.1) is 17.1 Å². The number of carbonyl (C=O) groups excluding carboxylic acids is 4. The van der Waals surface area contributed by atoms with E-state index in [0.717, 1.165) is 37.7 Å². The lowest BCUT2D eigenvalue weighted by molar-refractivity contribution is -0.179. The van der Waals surface area contributed by atoms with Crippen molar-refractivity contribution in [2.45, 2.75) is 117 Å². The molecular weight excluding hydrogens is 512 g/mol. The molecule has 0 bridgehead atoms. The van der Waals surface area contributed by atoms with Crippen molar-refractivity contribution >= 4 is 23.7 Å². The third-order valence-electron chi connectivity index (χ3n) is 12.5. The number of ether oxygens (including phenoxy) is 4. The molecule has 11 atom stereocenters. The van der Waals surface area contributed by atoms with E-state index in [2.05, 4.69) is 20.8 Å². The molecule has 1 saturated heterocycles. The molecule has 0 aromatic rings. The topological polar surface area (TPSA) is 108 Å². The fourth-order valence-corrected chi connectivity index (χ4v) is 10.5. The molecule has 2 heterocycles. The number of esters is 3. The van der Waals surface area contributed by atoms with Gasteiger partial charge in [-0.2, -0.15) is 0 Å². The lowest BCUT2D eigenvalue weighted by Crippen LogP contribution is -2.65. The van der Waals surface area contributed by atoms with Crippen LogP contribution in [0.25, 0.3) is 0 Å². The zero-order chi connectivity index (χ0) is 28.8. The van der Waals surface area contributed by atoms with Crippen LogP contribution in [0.4, 0.5) is 0 Å². The Labute approximate surface area is 236 Å². The lowest BCUT2D eigenvalue weighted by atomic mass is 9.43. The summed E-state index contributed by atoms with van der Waals surface area (Å²) in [6.45, 7) is 11.5. The molecule has 2 aliphatic heterocycles. The molecule has 0 N–H and O–H groups in total. The highest BCUT2D eigenvalue weighted by molar-refractivity contribution is 5.91. The van der Waals surface area contributed by atoms with Gasteiger partial charge in [-0.25, -0.2) is 4.79 Å². The maximum absolute atomic E-state index is 13.7. The van der Waals surface area contributed by atoms with Gasteiger partial charge in [0.2, 0.25) is 0 Å². The smallest absolute Gasteiger partial charge is 0.337 e. The summed E-state index contributed by atoms with van der Waals surface area (Å²) in [6, 6.07) is 0. The van der Waals surface area contributed by atoms with Crippen molar-refractivity contribution in [1.29, 1.82) is 0 Å². The molecule has 0 unspecified atom stereocenters. The van der Waals surface area contributed by atoms with Crippen molar-refractivity contribution in [3.63, 3.8) is 0 Å². The minimum absolute atomic E-state index is 0.0334. The predicted molar refractivity (Wildman–Crippen MR) is 144 cm³/mol. The SMILES string of the molecule is CC(=O)OCC1=C(C)C[C@H]([C@@H](C)[C@H]2CC[C@H]3[C@@H]4C[C@H]5O[C@]56[C@@H](OC(C)=O)CCC(=O)[C@]6(C)[C@H]4CC[C@]23C)OC1=O. The molecule has 0 radical (unpaired) electrons. The van der Waals surface area contributed by atoms with Gasteiger partial charge in [0.1, 0.15) is 30.2 Å². The number of ketones is 1. The van der Waals surface area contributed by atoms with E-state index in [1.54, 1.807) is 0 Å². The summed E-state index contributed by atoms with van der Waals surface area (Å²) >= 11 is 0. The van der Waals surface area contributed by atoms with Crippen LogP contribution in [0, 0.1) is 40.4 Å². The molecule has 4 saturated carbocycles. The number of hydrogen-bond acceptors (Lipinski definition) is 8. The van der Waals surface area contributed by atoms with E-state index in [-0.39, 0.29) is 59.9 Å². The van der Waals surface area contributed by atoms with Crippen molar-refractivity contribution in [3.8, 4) is 0 Å². The molecular formula is C32H44O8. The second-order valence-electron chi connectivity index (χ2n) is 14.0. The van der Waals surface area contributed by atoms with Crippen molar-refractivity contribution in [1.82, 2.24) is 0 Å². The van der Waals surface area contributed by atoms with Crippen LogP contribution in [-0.2, 0) is 38.1 Å². The quantitative estimate of drug-likeness (QED) is 0.272. The van der Waals surface area contributed by atoms with Gasteiger partial charge in [-0.15, -0.1) is 0 Å². The monoisotopic (exact) mass is 556 g/mol. The third kappa shape index (κ3) is 3.80. The Balaban J connectivity index is 1.22. The summed E-state index contributed by atoms with van der Waals surface area (Å²) < 4.78 is 23.3. The molecule has 0 aromatic heterocycles. The van der Waals surface area contributed by atoms with Crippen molar-refractivity contribution in [2.24, 2.45) is 40.4 Å².